The van der Waals surface area contributed by atoms with E-state index in [1.807, 2.05) is 37.5 Å². The molecule has 0 aliphatic carbocycles. The van der Waals surface area contributed by atoms with E-state index in [0.29, 0.717) is 23.3 Å². The molecule has 0 saturated carbocycles. The average Bonchev–Trinajstić information content (AvgIpc) is 2.89. The molecule has 1 atom stereocenters. The van der Waals surface area contributed by atoms with E-state index in [4.69, 9.17) is 33.8 Å². The van der Waals surface area contributed by atoms with Crippen molar-refractivity contribution in [3.05, 3.63) is 58.5 Å². The molecule has 2 aliphatic rings. The van der Waals surface area contributed by atoms with Gasteiger partial charge in [-0.2, -0.15) is 0 Å². The third-order valence-corrected chi connectivity index (χ3v) is 7.39. The van der Waals surface area contributed by atoms with Crippen molar-refractivity contribution in [2.45, 2.75) is 39.5 Å². The first-order valence-electron chi connectivity index (χ1n) is 11.6. The Bertz CT molecular complexity index is 1270. The van der Waals surface area contributed by atoms with Crippen molar-refractivity contribution in [2.24, 2.45) is 5.41 Å². The second-order valence-electron chi connectivity index (χ2n) is 10.1. The molecule has 0 amide bonds. The zero-order valence-electron chi connectivity index (χ0n) is 19.9. The van der Waals surface area contributed by atoms with E-state index in [-0.39, 0.29) is 5.41 Å². The molecule has 0 radical (unpaired) electrons. The summed E-state index contributed by atoms with van der Waals surface area (Å²) in [5.41, 5.74) is 6.96. The number of piperidine rings is 1. The van der Waals surface area contributed by atoms with E-state index in [1.165, 1.54) is 5.56 Å². The van der Waals surface area contributed by atoms with Gasteiger partial charge in [-0.1, -0.05) is 37.7 Å². The van der Waals surface area contributed by atoms with E-state index in [2.05, 4.69) is 47.5 Å². The average molecular weight is 493 g/mol. The maximum absolute atomic E-state index is 6.23. The van der Waals surface area contributed by atoms with Crippen molar-refractivity contribution in [2.75, 3.05) is 30.8 Å². The number of rotatable bonds is 3. The number of thiocarbonyl (C=S) groups is 1. The normalized spacial score (nSPS) is 19.6. The lowest BCUT2D eigenvalue weighted by molar-refractivity contribution is 0.114. The number of benzene rings is 1. The van der Waals surface area contributed by atoms with Gasteiger partial charge in [-0.25, -0.2) is 9.97 Å². The molecule has 0 spiro atoms. The molecule has 1 saturated heterocycles. The molecule has 1 aromatic carbocycles. The molecule has 4 heterocycles. The van der Waals surface area contributed by atoms with Gasteiger partial charge in [0.2, 0.25) is 5.95 Å². The smallest absolute Gasteiger partial charge is 0.227 e. The van der Waals surface area contributed by atoms with Crippen molar-refractivity contribution >= 4 is 46.1 Å². The van der Waals surface area contributed by atoms with E-state index >= 15 is 0 Å². The minimum atomic E-state index is 0.179. The van der Waals surface area contributed by atoms with Gasteiger partial charge in [-0.3, -0.25) is 4.98 Å². The Morgan fingerprint density at radius 1 is 1.21 bits per heavy atom. The molecule has 2 N–H and O–H groups in total. The summed E-state index contributed by atoms with van der Waals surface area (Å²) in [5.74, 6) is 0.992. The van der Waals surface area contributed by atoms with Crippen LogP contribution >= 0.6 is 23.8 Å². The topological polar surface area (TPSA) is 66.0 Å². The fourth-order valence-corrected chi connectivity index (χ4v) is 5.69. The number of anilines is 3. The highest BCUT2D eigenvalue weighted by Gasteiger charge is 2.36. The number of aromatic nitrogens is 3. The summed E-state index contributed by atoms with van der Waals surface area (Å²) in [4.78, 5) is 17.4. The zero-order chi connectivity index (χ0) is 24.0. The summed E-state index contributed by atoms with van der Waals surface area (Å²) in [6.07, 6.45) is 5.59. The van der Waals surface area contributed by atoms with Gasteiger partial charge in [-0.05, 0) is 68.1 Å². The highest BCUT2D eigenvalue weighted by molar-refractivity contribution is 7.80. The zero-order valence-corrected chi connectivity index (χ0v) is 21.5. The van der Waals surface area contributed by atoms with Crippen LogP contribution in [0, 0.1) is 12.3 Å². The number of nitrogens with one attached hydrogen (secondary N) is 2. The molecule has 5 rings (SSSR count). The summed E-state index contributed by atoms with van der Waals surface area (Å²) in [6, 6.07) is 7.95. The molecule has 0 bridgehead atoms. The number of likely N-dealkylation sites (tertiary alicyclic amines) is 1. The molecule has 6 nitrogen and oxygen atoms in total. The van der Waals surface area contributed by atoms with Gasteiger partial charge >= 0.3 is 0 Å². The van der Waals surface area contributed by atoms with Crippen molar-refractivity contribution in [3.8, 4) is 11.3 Å². The van der Waals surface area contributed by atoms with Crippen LogP contribution in [0.1, 0.15) is 43.0 Å². The number of halogens is 1. The molecule has 1 unspecified atom stereocenters. The van der Waals surface area contributed by atoms with Gasteiger partial charge in [0.05, 0.1) is 22.1 Å². The highest BCUT2D eigenvalue weighted by atomic mass is 35.5. The van der Waals surface area contributed by atoms with Gasteiger partial charge in [0.1, 0.15) is 0 Å². The lowest BCUT2D eigenvalue weighted by Gasteiger charge is -2.43. The Kier molecular flexibility index (Phi) is 6.04. The van der Waals surface area contributed by atoms with Crippen molar-refractivity contribution in [3.63, 3.8) is 0 Å². The first kappa shape index (κ1) is 23.1. The van der Waals surface area contributed by atoms with Gasteiger partial charge < -0.3 is 15.5 Å². The summed E-state index contributed by atoms with van der Waals surface area (Å²) in [7, 11) is 2.20. The third kappa shape index (κ3) is 4.52. The Hall–Kier alpha value is -2.61. The summed E-state index contributed by atoms with van der Waals surface area (Å²) in [5, 5.41) is 7.38. The van der Waals surface area contributed by atoms with Crippen LogP contribution in [-0.4, -0.2) is 45.0 Å². The summed E-state index contributed by atoms with van der Waals surface area (Å²) in [6.45, 7) is 8.87. The fraction of sp³-hybridized carbons (Fsp3) is 0.385. The fourth-order valence-electron chi connectivity index (χ4n) is 5.25. The van der Waals surface area contributed by atoms with Gasteiger partial charge in [0.15, 0.2) is 0 Å². The standard InChI is InChI=1S/C26H29ClN6S/c1-15-21(9-16(12-28-15)20-7-8-33(4)14-26(20,2)3)31-25-29-13-17-10-23(34)30-22-11-18(27)5-6-19(22)24(17)32-25/h5-6,9,11-13,20H,7-8,10,14H2,1-4H3,(H,30,34)(H,29,31,32). The number of hydrogen-bond acceptors (Lipinski definition) is 6. The van der Waals surface area contributed by atoms with Crippen molar-refractivity contribution in [1.29, 1.82) is 0 Å². The van der Waals surface area contributed by atoms with Gasteiger partial charge in [-0.15, -0.1) is 0 Å². The number of aryl methyl sites for hydroxylation is 1. The molecule has 2 aliphatic heterocycles. The summed E-state index contributed by atoms with van der Waals surface area (Å²) >= 11 is 11.7. The minimum absolute atomic E-state index is 0.179. The first-order valence-corrected chi connectivity index (χ1v) is 12.4. The molecule has 8 heteroatoms. The first-order chi connectivity index (χ1) is 16.2. The quantitative estimate of drug-likeness (QED) is 0.435. The molecule has 1 fully saturated rings. The van der Waals surface area contributed by atoms with Crippen LogP contribution in [0.4, 0.5) is 17.3 Å². The SMILES string of the molecule is Cc1ncc(C2CCN(C)CC2(C)C)cc1Nc1ncc2c(n1)-c1ccc(Cl)cc1NC(=S)C2. The Balaban J connectivity index is 1.49. The number of pyridine rings is 1. The molecule has 176 valence electrons. The van der Waals surface area contributed by atoms with Crippen molar-refractivity contribution in [1.82, 2.24) is 19.9 Å². The van der Waals surface area contributed by atoms with E-state index < -0.39 is 0 Å². The monoisotopic (exact) mass is 492 g/mol. The number of nitrogens with zero attached hydrogens (tertiary/aromatic N) is 4. The van der Waals surface area contributed by atoms with Crippen LogP contribution in [0.2, 0.25) is 5.02 Å². The predicted molar refractivity (Wildman–Crippen MR) is 143 cm³/mol. The van der Waals surface area contributed by atoms with Gasteiger partial charge in [0.25, 0.3) is 0 Å². The number of fused-ring (bicyclic) bond motifs is 3. The van der Waals surface area contributed by atoms with Crippen LogP contribution in [-0.2, 0) is 6.42 Å². The Morgan fingerprint density at radius 2 is 2.03 bits per heavy atom. The van der Waals surface area contributed by atoms with E-state index in [9.17, 15) is 0 Å². The second kappa shape index (κ2) is 8.87. The molecular weight excluding hydrogens is 464 g/mol. The minimum Gasteiger partial charge on any atom is -0.349 e. The number of hydrogen-bond donors (Lipinski definition) is 2. The largest absolute Gasteiger partial charge is 0.349 e. The lowest BCUT2D eigenvalue weighted by Crippen LogP contribution is -2.42. The lowest BCUT2D eigenvalue weighted by atomic mass is 9.71. The summed E-state index contributed by atoms with van der Waals surface area (Å²) < 4.78 is 0. The maximum Gasteiger partial charge on any atom is 0.227 e. The van der Waals surface area contributed by atoms with Crippen LogP contribution in [0.25, 0.3) is 11.3 Å². The predicted octanol–water partition coefficient (Wildman–Crippen LogP) is 5.98. The molecule has 34 heavy (non-hydrogen) atoms. The highest BCUT2D eigenvalue weighted by Crippen LogP contribution is 2.42. The molecular formula is C26H29ClN6S. The van der Waals surface area contributed by atoms with Crippen LogP contribution in [0.5, 0.6) is 0 Å². The Morgan fingerprint density at radius 3 is 2.82 bits per heavy atom. The Labute approximate surface area is 211 Å². The van der Waals surface area contributed by atoms with Gasteiger partial charge in [0, 0.05) is 47.2 Å². The molecule has 3 aromatic rings. The molecule has 2 aromatic heterocycles. The van der Waals surface area contributed by atoms with Crippen LogP contribution in [0.3, 0.4) is 0 Å². The van der Waals surface area contributed by atoms with Crippen LogP contribution in [0.15, 0.2) is 36.7 Å². The maximum atomic E-state index is 6.23. The van der Waals surface area contributed by atoms with E-state index in [0.717, 1.165) is 58.4 Å². The van der Waals surface area contributed by atoms with Crippen LogP contribution < -0.4 is 10.6 Å². The third-order valence-electron chi connectivity index (χ3n) is 6.90. The van der Waals surface area contributed by atoms with Crippen molar-refractivity contribution < 1.29 is 0 Å². The van der Waals surface area contributed by atoms with E-state index in [1.54, 1.807) is 0 Å². The second-order valence-corrected chi connectivity index (χ2v) is 11.0.